The lowest BCUT2D eigenvalue weighted by atomic mass is 9.84. The molecule has 3 aliphatic rings. The van der Waals surface area contributed by atoms with Crippen LogP contribution in [0.15, 0.2) is 24.3 Å². The molecule has 0 saturated carbocycles. The van der Waals surface area contributed by atoms with E-state index in [0.29, 0.717) is 32.4 Å². The summed E-state index contributed by atoms with van der Waals surface area (Å²) in [6.07, 6.45) is 1.47. The van der Waals surface area contributed by atoms with Crippen LogP contribution in [0.5, 0.6) is 0 Å². The minimum atomic E-state index is -3.03. The fourth-order valence-electron chi connectivity index (χ4n) is 3.88. The molecule has 8 nitrogen and oxygen atoms in total. The number of carbonyl (C=O) groups is 2. The van der Waals surface area contributed by atoms with E-state index in [0.717, 1.165) is 11.4 Å². The van der Waals surface area contributed by atoms with Gasteiger partial charge in [-0.15, -0.1) is 0 Å². The first-order valence-electron chi connectivity index (χ1n) is 8.81. The van der Waals surface area contributed by atoms with Crippen LogP contribution in [0.3, 0.4) is 0 Å². The fourth-order valence-corrected chi connectivity index (χ4v) is 5.55. The average molecular weight is 378 g/mol. The Morgan fingerprint density at radius 3 is 2.54 bits per heavy atom. The van der Waals surface area contributed by atoms with Crippen LogP contribution < -0.4 is 16.0 Å². The number of fused-ring (bicyclic) bond motifs is 1. The number of sulfone groups is 1. The highest BCUT2D eigenvalue weighted by Crippen LogP contribution is 2.36. The predicted octanol–water partition coefficient (Wildman–Crippen LogP) is 0.782. The van der Waals surface area contributed by atoms with E-state index in [1.807, 2.05) is 24.3 Å². The first-order valence-corrected chi connectivity index (χ1v) is 10.6. The average Bonchev–Trinajstić information content (AvgIpc) is 2.95. The summed E-state index contributed by atoms with van der Waals surface area (Å²) in [6.45, 7) is 0.877. The number of rotatable bonds is 1. The summed E-state index contributed by atoms with van der Waals surface area (Å²) in [7, 11) is -3.03. The zero-order valence-electron chi connectivity index (χ0n) is 14.3. The van der Waals surface area contributed by atoms with Gasteiger partial charge in [0.1, 0.15) is 5.54 Å². The number of hydrogen-bond acceptors (Lipinski definition) is 5. The third-order valence-electron chi connectivity index (χ3n) is 5.45. The van der Waals surface area contributed by atoms with E-state index >= 15 is 0 Å². The Balaban J connectivity index is 1.38. The molecule has 0 radical (unpaired) electrons. The van der Waals surface area contributed by atoms with E-state index in [-0.39, 0.29) is 29.5 Å². The van der Waals surface area contributed by atoms with Gasteiger partial charge in [0.15, 0.2) is 9.84 Å². The van der Waals surface area contributed by atoms with Crippen molar-refractivity contribution in [3.8, 4) is 0 Å². The van der Waals surface area contributed by atoms with E-state index in [9.17, 15) is 18.0 Å². The molecule has 2 saturated heterocycles. The molecule has 3 amide bonds. The second kappa shape index (κ2) is 6.15. The number of nitrogens with zero attached hydrogens (tertiary/aromatic N) is 1. The predicted molar refractivity (Wildman–Crippen MR) is 97.8 cm³/mol. The minimum Gasteiger partial charge on any atom is -0.369 e. The van der Waals surface area contributed by atoms with Crippen molar-refractivity contribution in [3.63, 3.8) is 0 Å². The van der Waals surface area contributed by atoms with E-state index in [4.69, 9.17) is 0 Å². The number of nitrogens with one attached hydrogen (secondary N) is 3. The maximum Gasteiger partial charge on any atom is 0.317 e. The molecule has 1 spiro atoms. The van der Waals surface area contributed by atoms with Crippen molar-refractivity contribution >= 4 is 33.2 Å². The van der Waals surface area contributed by atoms with Gasteiger partial charge >= 0.3 is 6.03 Å². The third-order valence-corrected chi connectivity index (χ3v) is 7.22. The van der Waals surface area contributed by atoms with Gasteiger partial charge in [-0.3, -0.25) is 4.79 Å². The molecule has 0 aromatic heterocycles. The third kappa shape index (κ3) is 3.11. The van der Waals surface area contributed by atoms with Crippen molar-refractivity contribution in [3.05, 3.63) is 24.3 Å². The summed E-state index contributed by atoms with van der Waals surface area (Å²) in [6, 6.07) is 7.00. The topological polar surface area (TPSA) is 108 Å². The van der Waals surface area contributed by atoms with Gasteiger partial charge in [0.2, 0.25) is 5.91 Å². The van der Waals surface area contributed by atoms with Gasteiger partial charge in [0.05, 0.1) is 22.9 Å². The summed E-state index contributed by atoms with van der Waals surface area (Å²) >= 11 is 0. The standard InChI is InChI=1S/C17H22N4O4S/c22-15-17(20-14-4-2-1-3-13(14)19-15)6-8-21(9-7-17)16(23)18-12-5-10-26(24,25)11-12/h1-4,12,20H,5-11H2,(H,18,23)(H,19,22)/t12-/m1/s1. The Bertz CT molecular complexity index is 846. The Labute approximate surface area is 152 Å². The van der Waals surface area contributed by atoms with Crippen LogP contribution in [-0.2, 0) is 14.6 Å². The summed E-state index contributed by atoms with van der Waals surface area (Å²) in [5.74, 6) is 0.0695. The Kier molecular flexibility index (Phi) is 4.06. The molecular weight excluding hydrogens is 356 g/mol. The maximum atomic E-state index is 12.6. The number of amides is 3. The number of carbonyl (C=O) groups excluding carboxylic acids is 2. The molecule has 3 N–H and O–H groups in total. The van der Waals surface area contributed by atoms with Crippen molar-refractivity contribution in [2.75, 3.05) is 35.2 Å². The zero-order valence-corrected chi connectivity index (χ0v) is 15.1. The van der Waals surface area contributed by atoms with Crippen LogP contribution in [0.25, 0.3) is 0 Å². The van der Waals surface area contributed by atoms with E-state index in [1.54, 1.807) is 4.90 Å². The molecule has 3 aliphatic heterocycles. The summed E-state index contributed by atoms with van der Waals surface area (Å²) in [4.78, 5) is 26.7. The first kappa shape index (κ1) is 17.1. The Morgan fingerprint density at radius 1 is 1.19 bits per heavy atom. The molecule has 2 fully saturated rings. The van der Waals surface area contributed by atoms with Crippen LogP contribution in [0, 0.1) is 0 Å². The van der Waals surface area contributed by atoms with Gasteiger partial charge in [-0.2, -0.15) is 0 Å². The highest BCUT2D eigenvalue weighted by Gasteiger charge is 2.45. The van der Waals surface area contributed by atoms with Gasteiger partial charge in [0, 0.05) is 19.1 Å². The molecule has 1 aromatic rings. The number of benzene rings is 1. The highest BCUT2D eigenvalue weighted by atomic mass is 32.2. The number of likely N-dealkylation sites (tertiary alicyclic amines) is 1. The van der Waals surface area contributed by atoms with Gasteiger partial charge in [-0.25, -0.2) is 13.2 Å². The van der Waals surface area contributed by atoms with Crippen molar-refractivity contribution in [1.29, 1.82) is 0 Å². The minimum absolute atomic E-state index is 0.0112. The molecule has 26 heavy (non-hydrogen) atoms. The second-order valence-corrected chi connectivity index (χ2v) is 9.47. The number of para-hydroxylation sites is 2. The smallest absolute Gasteiger partial charge is 0.317 e. The summed E-state index contributed by atoms with van der Waals surface area (Å²) in [5.41, 5.74) is 0.953. The van der Waals surface area contributed by atoms with Gasteiger partial charge in [0.25, 0.3) is 0 Å². The molecule has 0 unspecified atom stereocenters. The molecule has 140 valence electrons. The van der Waals surface area contributed by atoms with Crippen molar-refractivity contribution in [2.24, 2.45) is 0 Å². The molecule has 1 atom stereocenters. The lowest BCUT2D eigenvalue weighted by Gasteiger charge is -2.44. The zero-order chi connectivity index (χ0) is 18.4. The molecule has 0 aliphatic carbocycles. The Morgan fingerprint density at radius 2 is 1.88 bits per heavy atom. The molecule has 4 rings (SSSR count). The molecule has 9 heteroatoms. The quantitative estimate of drug-likeness (QED) is 0.669. The normalized spacial score (nSPS) is 25.9. The van der Waals surface area contributed by atoms with Gasteiger partial charge in [-0.05, 0) is 31.4 Å². The van der Waals surface area contributed by atoms with Crippen molar-refractivity contribution in [2.45, 2.75) is 30.8 Å². The van der Waals surface area contributed by atoms with Crippen LogP contribution in [0.1, 0.15) is 19.3 Å². The Hall–Kier alpha value is -2.29. The molecular formula is C17H22N4O4S. The second-order valence-electron chi connectivity index (χ2n) is 7.24. The maximum absolute atomic E-state index is 12.6. The van der Waals surface area contributed by atoms with Gasteiger partial charge in [-0.1, -0.05) is 12.1 Å². The number of piperidine rings is 1. The molecule has 3 heterocycles. The number of urea groups is 1. The number of anilines is 2. The fraction of sp³-hybridized carbons (Fsp3) is 0.529. The van der Waals surface area contributed by atoms with Crippen molar-refractivity contribution in [1.82, 2.24) is 10.2 Å². The molecule has 0 bridgehead atoms. The molecule has 1 aromatic carbocycles. The van der Waals surface area contributed by atoms with Crippen LogP contribution >= 0.6 is 0 Å². The lowest BCUT2D eigenvalue weighted by Crippen LogP contribution is -2.60. The SMILES string of the molecule is O=C(N[C@@H]1CCS(=O)(=O)C1)N1CCC2(CC1)Nc1ccccc1NC2=O. The van der Waals surface area contributed by atoms with E-state index in [2.05, 4.69) is 16.0 Å². The van der Waals surface area contributed by atoms with Crippen LogP contribution in [0.4, 0.5) is 16.2 Å². The summed E-state index contributed by atoms with van der Waals surface area (Å²) in [5, 5.41) is 9.11. The van der Waals surface area contributed by atoms with Crippen molar-refractivity contribution < 1.29 is 18.0 Å². The monoisotopic (exact) mass is 378 g/mol. The largest absolute Gasteiger partial charge is 0.369 e. The number of hydrogen-bond donors (Lipinski definition) is 3. The summed E-state index contributed by atoms with van der Waals surface area (Å²) < 4.78 is 23.0. The van der Waals surface area contributed by atoms with Gasteiger partial charge < -0.3 is 20.9 Å². The van der Waals surface area contributed by atoms with E-state index in [1.165, 1.54) is 0 Å². The van der Waals surface area contributed by atoms with E-state index < -0.39 is 15.4 Å². The highest BCUT2D eigenvalue weighted by molar-refractivity contribution is 7.91. The first-order chi connectivity index (χ1) is 12.4. The van der Waals surface area contributed by atoms with Crippen LogP contribution in [-0.4, -0.2) is 61.4 Å². The van der Waals surface area contributed by atoms with Crippen LogP contribution in [0.2, 0.25) is 0 Å². The lowest BCUT2D eigenvalue weighted by molar-refractivity contribution is -0.121.